The molecule has 0 unspecified atom stereocenters. The van der Waals surface area contributed by atoms with Crippen LogP contribution in [-0.2, 0) is 4.79 Å². The third kappa shape index (κ3) is 4.67. The number of piperazine rings is 1. The number of carbonyl (C=O) groups excluding carboxylic acids is 1. The van der Waals surface area contributed by atoms with Crippen molar-refractivity contribution in [3.63, 3.8) is 0 Å². The molecule has 4 nitrogen and oxygen atoms in total. The zero-order valence-electron chi connectivity index (χ0n) is 17.6. The molecule has 0 spiro atoms. The van der Waals surface area contributed by atoms with E-state index in [4.69, 9.17) is 0 Å². The molecule has 1 amide bonds. The van der Waals surface area contributed by atoms with Crippen molar-refractivity contribution >= 4 is 17.3 Å². The summed E-state index contributed by atoms with van der Waals surface area (Å²) >= 11 is 0. The second-order valence-corrected chi connectivity index (χ2v) is 8.18. The van der Waals surface area contributed by atoms with Gasteiger partial charge < -0.3 is 15.1 Å². The summed E-state index contributed by atoms with van der Waals surface area (Å²) in [6.45, 7) is 12.5. The van der Waals surface area contributed by atoms with Gasteiger partial charge in [0.25, 0.3) is 0 Å². The van der Waals surface area contributed by atoms with Crippen LogP contribution in [0, 0.1) is 0 Å². The molecule has 4 heteroatoms. The molecule has 3 rings (SSSR count). The number of hydrogen-bond acceptors (Lipinski definition) is 3. The number of amides is 1. The molecule has 150 valence electrons. The summed E-state index contributed by atoms with van der Waals surface area (Å²) in [5.74, 6) is 1.03. The number of benzene rings is 2. The lowest BCUT2D eigenvalue weighted by Gasteiger charge is -2.36. The minimum atomic E-state index is 0.181. The van der Waals surface area contributed by atoms with Crippen molar-refractivity contribution in [2.75, 3.05) is 42.9 Å². The van der Waals surface area contributed by atoms with E-state index >= 15 is 0 Å². The van der Waals surface area contributed by atoms with E-state index in [2.05, 4.69) is 80.4 Å². The molecule has 0 atom stereocenters. The van der Waals surface area contributed by atoms with Crippen LogP contribution >= 0.6 is 0 Å². The maximum Gasteiger partial charge on any atom is 0.241 e. The van der Waals surface area contributed by atoms with Crippen LogP contribution < -0.4 is 10.2 Å². The molecule has 1 N–H and O–H groups in total. The fraction of sp³-hybridized carbons (Fsp3) is 0.458. The number of nitrogens with one attached hydrogen (secondary N) is 1. The highest BCUT2D eigenvalue weighted by Crippen LogP contribution is 2.32. The van der Waals surface area contributed by atoms with Crippen molar-refractivity contribution < 1.29 is 4.79 Å². The number of carbonyl (C=O) groups is 1. The van der Waals surface area contributed by atoms with Gasteiger partial charge in [0.05, 0.1) is 6.54 Å². The maximum absolute atomic E-state index is 12.8. The van der Waals surface area contributed by atoms with Crippen LogP contribution in [0.5, 0.6) is 0 Å². The average Bonchev–Trinajstić information content (AvgIpc) is 2.72. The van der Waals surface area contributed by atoms with Gasteiger partial charge in [-0.2, -0.15) is 0 Å². The van der Waals surface area contributed by atoms with E-state index in [-0.39, 0.29) is 5.91 Å². The molecule has 1 saturated heterocycles. The summed E-state index contributed by atoms with van der Waals surface area (Å²) < 4.78 is 0. The van der Waals surface area contributed by atoms with Crippen LogP contribution in [0.2, 0.25) is 0 Å². The van der Waals surface area contributed by atoms with Crippen molar-refractivity contribution in [3.05, 3.63) is 59.7 Å². The Morgan fingerprint density at radius 2 is 1.43 bits per heavy atom. The first-order chi connectivity index (χ1) is 13.5. The van der Waals surface area contributed by atoms with Gasteiger partial charge in [0.2, 0.25) is 5.91 Å². The topological polar surface area (TPSA) is 35.6 Å². The first-order valence-corrected chi connectivity index (χ1v) is 10.4. The largest absolute Gasteiger partial charge is 0.376 e. The van der Waals surface area contributed by atoms with Gasteiger partial charge in [-0.3, -0.25) is 4.79 Å². The molecule has 1 aliphatic rings. The van der Waals surface area contributed by atoms with E-state index in [9.17, 15) is 4.79 Å². The summed E-state index contributed by atoms with van der Waals surface area (Å²) in [5.41, 5.74) is 4.95. The summed E-state index contributed by atoms with van der Waals surface area (Å²) in [6.07, 6.45) is 0. The Morgan fingerprint density at radius 3 is 1.96 bits per heavy atom. The molecular weight excluding hydrogens is 346 g/mol. The van der Waals surface area contributed by atoms with Gasteiger partial charge in [-0.25, -0.2) is 0 Å². The average molecular weight is 380 g/mol. The number of para-hydroxylation sites is 2. The van der Waals surface area contributed by atoms with E-state index in [1.807, 2.05) is 11.0 Å². The SMILES string of the molecule is CC(C)c1cccc(C(C)C)c1NCC(=O)N1CCN(c2ccccc2)CC1. The van der Waals surface area contributed by atoms with E-state index in [1.165, 1.54) is 16.8 Å². The zero-order chi connectivity index (χ0) is 20.1. The Kier molecular flexibility index (Phi) is 6.61. The third-order valence-electron chi connectivity index (χ3n) is 5.54. The second kappa shape index (κ2) is 9.13. The molecule has 0 radical (unpaired) electrons. The molecule has 2 aromatic carbocycles. The Labute approximate surface area is 169 Å². The smallest absolute Gasteiger partial charge is 0.241 e. The number of anilines is 2. The fourth-order valence-electron chi connectivity index (χ4n) is 3.88. The number of rotatable bonds is 6. The molecular formula is C24H33N3O. The lowest BCUT2D eigenvalue weighted by molar-refractivity contribution is -0.129. The monoisotopic (exact) mass is 379 g/mol. The first kappa shape index (κ1) is 20.2. The van der Waals surface area contributed by atoms with Crippen molar-refractivity contribution in [2.24, 2.45) is 0 Å². The Morgan fingerprint density at radius 1 is 0.857 bits per heavy atom. The molecule has 0 aromatic heterocycles. The standard InChI is InChI=1S/C24H33N3O/c1-18(2)21-11-8-12-22(19(3)4)24(21)25-17-23(28)27-15-13-26(14-16-27)20-9-6-5-7-10-20/h5-12,18-19,25H,13-17H2,1-4H3. The van der Waals surface area contributed by atoms with Crippen molar-refractivity contribution in [3.8, 4) is 0 Å². The lowest BCUT2D eigenvalue weighted by Crippen LogP contribution is -2.50. The van der Waals surface area contributed by atoms with Gasteiger partial charge >= 0.3 is 0 Å². The molecule has 0 bridgehead atoms. The maximum atomic E-state index is 12.8. The van der Waals surface area contributed by atoms with Crippen LogP contribution in [0.4, 0.5) is 11.4 Å². The summed E-state index contributed by atoms with van der Waals surface area (Å²) in [6, 6.07) is 16.9. The minimum absolute atomic E-state index is 0.181. The normalized spacial score (nSPS) is 14.6. The highest BCUT2D eigenvalue weighted by atomic mass is 16.2. The van der Waals surface area contributed by atoms with Crippen LogP contribution in [0.25, 0.3) is 0 Å². The van der Waals surface area contributed by atoms with Gasteiger partial charge in [-0.15, -0.1) is 0 Å². The predicted molar refractivity (Wildman–Crippen MR) is 118 cm³/mol. The van der Waals surface area contributed by atoms with Gasteiger partial charge in [0, 0.05) is 37.6 Å². The third-order valence-corrected chi connectivity index (χ3v) is 5.54. The zero-order valence-corrected chi connectivity index (χ0v) is 17.6. The summed E-state index contributed by atoms with van der Waals surface area (Å²) in [7, 11) is 0. The van der Waals surface area contributed by atoms with Crippen LogP contribution in [-0.4, -0.2) is 43.5 Å². The fourth-order valence-corrected chi connectivity index (χ4v) is 3.88. The summed E-state index contributed by atoms with van der Waals surface area (Å²) in [5, 5.41) is 3.48. The second-order valence-electron chi connectivity index (χ2n) is 8.18. The van der Waals surface area contributed by atoms with Gasteiger partial charge in [-0.05, 0) is 35.1 Å². The van der Waals surface area contributed by atoms with Gasteiger partial charge in [0.1, 0.15) is 0 Å². The van der Waals surface area contributed by atoms with E-state index in [0.29, 0.717) is 18.4 Å². The predicted octanol–water partition coefficient (Wildman–Crippen LogP) is 4.69. The van der Waals surface area contributed by atoms with E-state index in [1.54, 1.807) is 0 Å². The Hall–Kier alpha value is -2.49. The molecule has 1 aliphatic heterocycles. The quantitative estimate of drug-likeness (QED) is 0.791. The highest BCUT2D eigenvalue weighted by Gasteiger charge is 2.22. The minimum Gasteiger partial charge on any atom is -0.376 e. The molecule has 1 heterocycles. The van der Waals surface area contributed by atoms with Gasteiger partial charge in [0.15, 0.2) is 0 Å². The molecule has 28 heavy (non-hydrogen) atoms. The highest BCUT2D eigenvalue weighted by molar-refractivity contribution is 5.82. The Balaban J connectivity index is 1.61. The molecule has 2 aromatic rings. The lowest BCUT2D eigenvalue weighted by atomic mass is 9.92. The van der Waals surface area contributed by atoms with E-state index in [0.717, 1.165) is 31.9 Å². The summed E-state index contributed by atoms with van der Waals surface area (Å²) in [4.78, 5) is 17.2. The molecule has 0 saturated carbocycles. The molecule has 1 fully saturated rings. The Bertz CT molecular complexity index is 751. The number of nitrogens with zero attached hydrogens (tertiary/aromatic N) is 2. The van der Waals surface area contributed by atoms with Crippen molar-refractivity contribution in [1.82, 2.24) is 4.90 Å². The van der Waals surface area contributed by atoms with Gasteiger partial charge in [-0.1, -0.05) is 64.1 Å². The first-order valence-electron chi connectivity index (χ1n) is 10.4. The van der Waals surface area contributed by atoms with Crippen LogP contribution in [0.3, 0.4) is 0 Å². The van der Waals surface area contributed by atoms with Crippen LogP contribution in [0.1, 0.15) is 50.7 Å². The van der Waals surface area contributed by atoms with Crippen molar-refractivity contribution in [2.45, 2.75) is 39.5 Å². The van der Waals surface area contributed by atoms with Crippen molar-refractivity contribution in [1.29, 1.82) is 0 Å². The van der Waals surface area contributed by atoms with Crippen LogP contribution in [0.15, 0.2) is 48.5 Å². The number of hydrogen-bond donors (Lipinski definition) is 1. The molecule has 0 aliphatic carbocycles. The van der Waals surface area contributed by atoms with E-state index < -0.39 is 0 Å².